The van der Waals surface area contributed by atoms with Crippen LogP contribution in [0.1, 0.15) is 5.56 Å². The van der Waals surface area contributed by atoms with Gasteiger partial charge in [0.1, 0.15) is 0 Å². The lowest BCUT2D eigenvalue weighted by molar-refractivity contribution is 1.34. The Morgan fingerprint density at radius 3 is 2.53 bits per heavy atom. The third-order valence-electron chi connectivity index (χ3n) is 3.06. The number of hydrogen-bond donors (Lipinski definition) is 1. The number of aryl methyl sites for hydroxylation is 1. The molecule has 0 aliphatic carbocycles. The van der Waals surface area contributed by atoms with Crippen molar-refractivity contribution >= 4 is 28.2 Å². The van der Waals surface area contributed by atoms with E-state index in [1.807, 2.05) is 18.3 Å². The number of nitrogens with two attached hydrogens (primary N) is 1. The Morgan fingerprint density at radius 2 is 1.74 bits per heavy atom. The minimum Gasteiger partial charge on any atom is -0.398 e. The van der Waals surface area contributed by atoms with Crippen molar-refractivity contribution in [2.24, 2.45) is 0 Å². The maximum absolute atomic E-state index is 5.99. The van der Waals surface area contributed by atoms with E-state index in [1.54, 1.807) is 18.0 Å². The van der Waals surface area contributed by atoms with Crippen molar-refractivity contribution in [2.75, 3.05) is 5.73 Å². The molecular formula is C16H14N2S. The van der Waals surface area contributed by atoms with Gasteiger partial charge in [0, 0.05) is 38.6 Å². The van der Waals surface area contributed by atoms with Gasteiger partial charge in [0.2, 0.25) is 0 Å². The van der Waals surface area contributed by atoms with Gasteiger partial charge < -0.3 is 5.73 Å². The second kappa shape index (κ2) is 4.94. The Morgan fingerprint density at radius 1 is 0.947 bits per heavy atom. The van der Waals surface area contributed by atoms with Gasteiger partial charge in [0.15, 0.2) is 0 Å². The van der Waals surface area contributed by atoms with Crippen LogP contribution in [-0.2, 0) is 0 Å². The van der Waals surface area contributed by atoms with Gasteiger partial charge in [-0.05, 0) is 37.3 Å². The molecule has 0 atom stereocenters. The normalized spacial score (nSPS) is 10.8. The third kappa shape index (κ3) is 2.42. The standard InChI is InChI=1S/C16H14N2S/c1-11-2-4-12(5-3-11)19-16-7-6-15(17)14-10-18-9-8-13(14)16/h2-10H,17H2,1H3. The van der Waals surface area contributed by atoms with Crippen LogP contribution in [0.5, 0.6) is 0 Å². The minimum atomic E-state index is 0.774. The van der Waals surface area contributed by atoms with Crippen LogP contribution >= 0.6 is 11.8 Å². The molecule has 0 spiro atoms. The maximum Gasteiger partial charge on any atom is 0.0410 e. The van der Waals surface area contributed by atoms with Gasteiger partial charge in [0.05, 0.1) is 0 Å². The molecule has 2 aromatic carbocycles. The van der Waals surface area contributed by atoms with Gasteiger partial charge in [-0.3, -0.25) is 4.98 Å². The minimum absolute atomic E-state index is 0.774. The average molecular weight is 266 g/mol. The summed E-state index contributed by atoms with van der Waals surface area (Å²) >= 11 is 1.75. The monoisotopic (exact) mass is 266 g/mol. The van der Waals surface area contributed by atoms with Gasteiger partial charge in [0.25, 0.3) is 0 Å². The molecule has 3 rings (SSSR count). The predicted octanol–water partition coefficient (Wildman–Crippen LogP) is 4.28. The first kappa shape index (κ1) is 12.1. The molecule has 0 saturated heterocycles. The summed E-state index contributed by atoms with van der Waals surface area (Å²) in [5.74, 6) is 0. The molecule has 3 heteroatoms. The van der Waals surface area contributed by atoms with Crippen molar-refractivity contribution in [3.63, 3.8) is 0 Å². The lowest BCUT2D eigenvalue weighted by Gasteiger charge is -2.08. The molecule has 1 aromatic heterocycles. The maximum atomic E-state index is 5.99. The molecule has 0 fully saturated rings. The van der Waals surface area contributed by atoms with Crippen LogP contribution < -0.4 is 5.73 Å². The fourth-order valence-corrected chi connectivity index (χ4v) is 2.96. The van der Waals surface area contributed by atoms with E-state index in [1.165, 1.54) is 15.4 Å². The molecule has 1 heterocycles. The zero-order chi connectivity index (χ0) is 13.2. The Balaban J connectivity index is 2.06. The predicted molar refractivity (Wildman–Crippen MR) is 81.5 cm³/mol. The number of benzene rings is 2. The molecule has 0 saturated carbocycles. The van der Waals surface area contributed by atoms with Crippen LogP contribution in [0.2, 0.25) is 0 Å². The quantitative estimate of drug-likeness (QED) is 0.704. The highest BCUT2D eigenvalue weighted by Crippen LogP contribution is 2.35. The zero-order valence-corrected chi connectivity index (χ0v) is 11.4. The van der Waals surface area contributed by atoms with Crippen molar-refractivity contribution in [1.29, 1.82) is 0 Å². The van der Waals surface area contributed by atoms with E-state index in [-0.39, 0.29) is 0 Å². The summed E-state index contributed by atoms with van der Waals surface area (Å²) in [5, 5.41) is 2.17. The molecule has 2 N–H and O–H groups in total. The van der Waals surface area contributed by atoms with Gasteiger partial charge in [-0.1, -0.05) is 29.5 Å². The molecule has 3 aromatic rings. The first-order valence-corrected chi connectivity index (χ1v) is 6.92. The highest BCUT2D eigenvalue weighted by molar-refractivity contribution is 7.99. The number of anilines is 1. The van der Waals surface area contributed by atoms with E-state index in [4.69, 9.17) is 5.73 Å². The van der Waals surface area contributed by atoms with Crippen molar-refractivity contribution in [1.82, 2.24) is 4.98 Å². The van der Waals surface area contributed by atoms with Crippen LogP contribution in [0.25, 0.3) is 10.8 Å². The summed E-state index contributed by atoms with van der Waals surface area (Å²) in [7, 11) is 0. The lowest BCUT2D eigenvalue weighted by Crippen LogP contribution is -1.89. The number of aromatic nitrogens is 1. The topological polar surface area (TPSA) is 38.9 Å². The zero-order valence-electron chi connectivity index (χ0n) is 10.6. The van der Waals surface area contributed by atoms with Gasteiger partial charge >= 0.3 is 0 Å². The number of rotatable bonds is 2. The number of fused-ring (bicyclic) bond motifs is 1. The van der Waals surface area contributed by atoms with E-state index in [9.17, 15) is 0 Å². The van der Waals surface area contributed by atoms with Gasteiger partial charge in [-0.25, -0.2) is 0 Å². The Labute approximate surface area is 116 Å². The highest BCUT2D eigenvalue weighted by Gasteiger charge is 2.05. The first-order valence-electron chi connectivity index (χ1n) is 6.11. The van der Waals surface area contributed by atoms with Crippen molar-refractivity contribution in [3.8, 4) is 0 Å². The van der Waals surface area contributed by atoms with Crippen molar-refractivity contribution in [2.45, 2.75) is 16.7 Å². The Hall–Kier alpha value is -2.00. The molecule has 94 valence electrons. The van der Waals surface area contributed by atoms with Gasteiger partial charge in [-0.15, -0.1) is 0 Å². The highest BCUT2D eigenvalue weighted by atomic mass is 32.2. The lowest BCUT2D eigenvalue weighted by atomic mass is 10.1. The molecule has 0 radical (unpaired) electrons. The number of pyridine rings is 1. The van der Waals surface area contributed by atoms with Crippen LogP contribution in [0.3, 0.4) is 0 Å². The van der Waals surface area contributed by atoms with E-state index < -0.39 is 0 Å². The van der Waals surface area contributed by atoms with Crippen LogP contribution in [0.4, 0.5) is 5.69 Å². The number of nitrogen functional groups attached to an aromatic ring is 1. The Kier molecular flexibility index (Phi) is 3.13. The average Bonchev–Trinajstić information content (AvgIpc) is 2.45. The molecule has 2 nitrogen and oxygen atoms in total. The SMILES string of the molecule is Cc1ccc(Sc2ccc(N)c3cnccc23)cc1. The van der Waals surface area contributed by atoms with E-state index in [2.05, 4.69) is 42.2 Å². The van der Waals surface area contributed by atoms with Crippen LogP contribution in [0.15, 0.2) is 64.6 Å². The number of hydrogen-bond acceptors (Lipinski definition) is 3. The summed E-state index contributed by atoms with van der Waals surface area (Å²) in [5.41, 5.74) is 8.04. The van der Waals surface area contributed by atoms with Crippen LogP contribution in [0, 0.1) is 6.92 Å². The van der Waals surface area contributed by atoms with E-state index in [0.29, 0.717) is 0 Å². The molecule has 19 heavy (non-hydrogen) atoms. The molecule has 0 aliphatic heterocycles. The van der Waals surface area contributed by atoms with E-state index in [0.717, 1.165) is 16.5 Å². The molecule has 0 bridgehead atoms. The molecular weight excluding hydrogens is 252 g/mol. The fourth-order valence-electron chi connectivity index (χ4n) is 2.01. The molecule has 0 unspecified atom stereocenters. The largest absolute Gasteiger partial charge is 0.398 e. The second-order valence-corrected chi connectivity index (χ2v) is 5.60. The summed E-state index contributed by atoms with van der Waals surface area (Å²) in [6.07, 6.45) is 3.63. The van der Waals surface area contributed by atoms with E-state index >= 15 is 0 Å². The second-order valence-electron chi connectivity index (χ2n) is 4.49. The summed E-state index contributed by atoms with van der Waals surface area (Å²) < 4.78 is 0. The fraction of sp³-hybridized carbons (Fsp3) is 0.0625. The number of nitrogens with zero attached hydrogens (tertiary/aromatic N) is 1. The Bertz CT molecular complexity index is 720. The van der Waals surface area contributed by atoms with Crippen molar-refractivity contribution < 1.29 is 0 Å². The van der Waals surface area contributed by atoms with Crippen LogP contribution in [-0.4, -0.2) is 4.98 Å². The summed E-state index contributed by atoms with van der Waals surface area (Å²) in [6.45, 7) is 2.10. The molecule has 0 amide bonds. The third-order valence-corrected chi connectivity index (χ3v) is 4.14. The van der Waals surface area contributed by atoms with Crippen molar-refractivity contribution in [3.05, 3.63) is 60.4 Å². The van der Waals surface area contributed by atoms with Gasteiger partial charge in [-0.2, -0.15) is 0 Å². The first-order chi connectivity index (χ1) is 9.24. The molecule has 0 aliphatic rings. The summed E-state index contributed by atoms with van der Waals surface area (Å²) in [6, 6.07) is 14.6. The smallest absolute Gasteiger partial charge is 0.0410 e. The summed E-state index contributed by atoms with van der Waals surface area (Å²) in [4.78, 5) is 6.58.